The average molecular weight is 614 g/mol. The van der Waals surface area contributed by atoms with Crippen molar-refractivity contribution in [2.24, 2.45) is 11.7 Å². The van der Waals surface area contributed by atoms with Crippen molar-refractivity contribution < 1.29 is 40.7 Å². The summed E-state index contributed by atoms with van der Waals surface area (Å²) in [5, 5.41) is 6.56. The van der Waals surface area contributed by atoms with E-state index in [0.717, 1.165) is 18.2 Å². The fraction of sp³-hybridized carbons (Fsp3) is 0.233. The van der Waals surface area contributed by atoms with Crippen LogP contribution in [0.2, 0.25) is 0 Å². The molecule has 0 radical (unpaired) electrons. The van der Waals surface area contributed by atoms with Crippen LogP contribution in [0.5, 0.6) is 0 Å². The van der Waals surface area contributed by atoms with Crippen LogP contribution >= 0.6 is 0 Å². The second-order valence-electron chi connectivity index (χ2n) is 10.7. The zero-order chi connectivity index (χ0) is 31.5. The highest BCUT2D eigenvalue weighted by atomic mass is 19.4. The molecule has 2 aromatic carbocycles. The van der Waals surface area contributed by atoms with Crippen molar-refractivity contribution in [1.82, 2.24) is 20.1 Å². The number of hydrogen-bond acceptors (Lipinski definition) is 5. The van der Waals surface area contributed by atoms with Crippen LogP contribution in [0.25, 0.3) is 11.1 Å². The van der Waals surface area contributed by atoms with Gasteiger partial charge >= 0.3 is 6.18 Å². The Balaban J connectivity index is 1.38. The van der Waals surface area contributed by atoms with Crippen molar-refractivity contribution in [2.75, 3.05) is 0 Å². The Labute approximate surface area is 244 Å². The van der Waals surface area contributed by atoms with Gasteiger partial charge in [-0.1, -0.05) is 12.1 Å². The fourth-order valence-corrected chi connectivity index (χ4v) is 5.74. The molecule has 3 atom stereocenters. The number of aromatic nitrogens is 3. The number of Topliss-reactive ketones (excluding diaryl/α,β-unsaturated/α-hetero) is 1. The zero-order valence-corrected chi connectivity index (χ0v) is 22.5. The number of carbonyl (C=O) groups is 3. The van der Waals surface area contributed by atoms with Crippen LogP contribution in [-0.4, -0.2) is 32.4 Å². The Morgan fingerprint density at radius 2 is 1.77 bits per heavy atom. The molecular formula is C30H21F6N5O3. The van der Waals surface area contributed by atoms with Crippen LogP contribution in [0.1, 0.15) is 61.7 Å². The predicted molar refractivity (Wildman–Crippen MR) is 142 cm³/mol. The van der Waals surface area contributed by atoms with Gasteiger partial charge in [-0.05, 0) is 54.3 Å². The first-order valence-electron chi connectivity index (χ1n) is 13.3. The molecule has 226 valence electrons. The maximum absolute atomic E-state index is 14.2. The van der Waals surface area contributed by atoms with E-state index >= 15 is 0 Å². The van der Waals surface area contributed by atoms with E-state index < -0.39 is 82.5 Å². The SMILES string of the molecule is NC(=O)c1cc(-c2cccnc2C(Cc2cc(F)cc(F)c2)NC(=O)Cn2nc3c(c2C(F)(F)F)C(=O)C2CC32)ccc1F. The fourth-order valence-electron chi connectivity index (χ4n) is 5.74. The maximum atomic E-state index is 14.2. The van der Waals surface area contributed by atoms with Gasteiger partial charge in [0, 0.05) is 29.7 Å². The number of rotatable bonds is 8. The number of alkyl halides is 3. The summed E-state index contributed by atoms with van der Waals surface area (Å²) in [6, 6.07) is 8.04. The molecule has 0 bridgehead atoms. The van der Waals surface area contributed by atoms with Crippen LogP contribution in [0, 0.1) is 23.4 Å². The predicted octanol–water partition coefficient (Wildman–Crippen LogP) is 4.88. The minimum absolute atomic E-state index is 0.0143. The highest BCUT2D eigenvalue weighted by Crippen LogP contribution is 2.57. The van der Waals surface area contributed by atoms with Gasteiger partial charge in [-0.25, -0.2) is 17.9 Å². The molecule has 3 unspecified atom stereocenters. The van der Waals surface area contributed by atoms with Gasteiger partial charge in [-0.15, -0.1) is 0 Å². The zero-order valence-electron chi connectivity index (χ0n) is 22.5. The quantitative estimate of drug-likeness (QED) is 0.275. The van der Waals surface area contributed by atoms with Crippen LogP contribution in [0.4, 0.5) is 26.3 Å². The number of pyridine rings is 1. The van der Waals surface area contributed by atoms with Crippen LogP contribution in [0.15, 0.2) is 54.7 Å². The normalized spacial score (nSPS) is 17.6. The average Bonchev–Trinajstić information content (AvgIpc) is 3.57. The molecule has 8 nitrogen and oxygen atoms in total. The number of nitrogens with one attached hydrogen (secondary N) is 1. The largest absolute Gasteiger partial charge is 0.433 e. The van der Waals surface area contributed by atoms with E-state index in [1.165, 1.54) is 30.5 Å². The van der Waals surface area contributed by atoms with Crippen LogP contribution in [-0.2, 0) is 23.9 Å². The third kappa shape index (κ3) is 5.31. The van der Waals surface area contributed by atoms with Gasteiger partial charge < -0.3 is 11.1 Å². The molecule has 2 aromatic heterocycles. The van der Waals surface area contributed by atoms with Crippen LogP contribution in [0.3, 0.4) is 0 Å². The minimum Gasteiger partial charge on any atom is -0.366 e. The number of benzene rings is 2. The van der Waals surface area contributed by atoms with E-state index in [1.807, 2.05) is 0 Å². The summed E-state index contributed by atoms with van der Waals surface area (Å²) >= 11 is 0. The number of halogens is 6. The lowest BCUT2D eigenvalue weighted by Gasteiger charge is -2.22. The molecule has 0 aliphatic heterocycles. The van der Waals surface area contributed by atoms with E-state index in [2.05, 4.69) is 15.4 Å². The van der Waals surface area contributed by atoms with E-state index in [9.17, 15) is 40.7 Å². The van der Waals surface area contributed by atoms with E-state index in [0.29, 0.717) is 17.2 Å². The molecule has 2 heterocycles. The first kappa shape index (κ1) is 29.1. The lowest BCUT2D eigenvalue weighted by atomic mass is 9.94. The maximum Gasteiger partial charge on any atom is 0.433 e. The summed E-state index contributed by atoms with van der Waals surface area (Å²) in [6.45, 7) is -0.926. The van der Waals surface area contributed by atoms with E-state index in [-0.39, 0.29) is 34.5 Å². The summed E-state index contributed by atoms with van der Waals surface area (Å²) in [7, 11) is 0. The molecule has 0 spiro atoms. The number of nitrogens with zero attached hydrogens (tertiary/aromatic N) is 3. The van der Waals surface area contributed by atoms with Crippen molar-refractivity contribution in [1.29, 1.82) is 0 Å². The number of ketones is 1. The number of amides is 2. The monoisotopic (exact) mass is 613 g/mol. The number of hydrogen-bond donors (Lipinski definition) is 2. The number of primary amides is 1. The van der Waals surface area contributed by atoms with E-state index in [4.69, 9.17) is 5.73 Å². The molecule has 2 amide bonds. The molecule has 6 rings (SSSR count). The molecule has 4 aromatic rings. The smallest absolute Gasteiger partial charge is 0.366 e. The topological polar surface area (TPSA) is 120 Å². The van der Waals surface area contributed by atoms with Gasteiger partial charge in [0.25, 0.3) is 5.91 Å². The molecule has 0 saturated heterocycles. The van der Waals surface area contributed by atoms with Crippen molar-refractivity contribution in [3.05, 3.63) is 106 Å². The Morgan fingerprint density at radius 3 is 2.45 bits per heavy atom. The third-order valence-corrected chi connectivity index (χ3v) is 7.68. The Kier molecular flexibility index (Phi) is 7.01. The summed E-state index contributed by atoms with van der Waals surface area (Å²) in [4.78, 5) is 41.9. The van der Waals surface area contributed by atoms with Crippen molar-refractivity contribution in [3.63, 3.8) is 0 Å². The third-order valence-electron chi connectivity index (χ3n) is 7.68. The summed E-state index contributed by atoms with van der Waals surface area (Å²) < 4.78 is 85.0. The number of nitrogens with two attached hydrogens (primary N) is 1. The molecular weight excluding hydrogens is 592 g/mol. The van der Waals surface area contributed by atoms with Gasteiger partial charge in [0.1, 0.15) is 24.0 Å². The van der Waals surface area contributed by atoms with E-state index in [1.54, 1.807) is 0 Å². The van der Waals surface area contributed by atoms with Gasteiger partial charge in [0.15, 0.2) is 11.5 Å². The molecule has 2 aliphatic rings. The molecule has 14 heteroatoms. The summed E-state index contributed by atoms with van der Waals surface area (Å²) in [6.07, 6.45) is -3.49. The summed E-state index contributed by atoms with van der Waals surface area (Å²) in [5.41, 5.74) is 3.76. The standard InChI is InChI=1S/C30H21F6N5O3/c31-15-6-13(7-16(32)10-15)8-22(25-17(2-1-5-38-25)14-3-4-21(33)20(9-14)29(37)44)39-23(42)12-41-28(30(34,35)36)24-26(40-41)18-11-19(18)27(24)43/h1-7,9-10,18-19,22H,8,11-12H2,(H2,37,44)(H,39,42). The second kappa shape index (κ2) is 10.6. The van der Waals surface area contributed by atoms with Crippen LogP contribution < -0.4 is 11.1 Å². The Hall–Kier alpha value is -5.01. The highest BCUT2D eigenvalue weighted by molar-refractivity contribution is 6.06. The highest BCUT2D eigenvalue weighted by Gasteiger charge is 2.58. The second-order valence-corrected chi connectivity index (χ2v) is 10.7. The number of fused-ring (bicyclic) bond motifs is 3. The molecule has 1 saturated carbocycles. The van der Waals surface area contributed by atoms with Crippen molar-refractivity contribution in [3.8, 4) is 11.1 Å². The molecule has 3 N–H and O–H groups in total. The lowest BCUT2D eigenvalue weighted by molar-refractivity contribution is -0.145. The Bertz CT molecular complexity index is 1830. The van der Waals surface area contributed by atoms with Crippen molar-refractivity contribution in [2.45, 2.75) is 37.5 Å². The first-order chi connectivity index (χ1) is 20.8. The van der Waals surface area contributed by atoms with Gasteiger partial charge in [0.2, 0.25) is 5.91 Å². The first-order valence-corrected chi connectivity index (χ1v) is 13.3. The van der Waals surface area contributed by atoms with Crippen molar-refractivity contribution >= 4 is 17.6 Å². The minimum atomic E-state index is -4.97. The molecule has 44 heavy (non-hydrogen) atoms. The van der Waals surface area contributed by atoms with Gasteiger partial charge in [-0.2, -0.15) is 18.3 Å². The molecule has 1 fully saturated rings. The van der Waals surface area contributed by atoms with Gasteiger partial charge in [0.05, 0.1) is 28.6 Å². The van der Waals surface area contributed by atoms with Gasteiger partial charge in [-0.3, -0.25) is 19.4 Å². The lowest BCUT2D eigenvalue weighted by Crippen LogP contribution is -2.35. The molecule has 2 aliphatic carbocycles. The summed E-state index contributed by atoms with van der Waals surface area (Å²) in [5.74, 6) is -6.27. The number of carbonyl (C=O) groups excluding carboxylic acids is 3. The Morgan fingerprint density at radius 1 is 1.05 bits per heavy atom.